The van der Waals surface area contributed by atoms with Gasteiger partial charge in [-0.3, -0.25) is 4.99 Å². The summed E-state index contributed by atoms with van der Waals surface area (Å²) in [6.45, 7) is 4.16. The number of nitrogens with zero attached hydrogens (tertiary/aromatic N) is 2. The van der Waals surface area contributed by atoms with Crippen molar-refractivity contribution in [2.75, 3.05) is 13.1 Å². The predicted molar refractivity (Wildman–Crippen MR) is 129 cm³/mol. The number of benzene rings is 3. The van der Waals surface area contributed by atoms with Crippen molar-refractivity contribution in [2.45, 2.75) is 38.4 Å². The van der Waals surface area contributed by atoms with Gasteiger partial charge in [0.1, 0.15) is 19.0 Å². The summed E-state index contributed by atoms with van der Waals surface area (Å²) in [5.41, 5.74) is 5.25. The van der Waals surface area contributed by atoms with Gasteiger partial charge >= 0.3 is 6.09 Å². The summed E-state index contributed by atoms with van der Waals surface area (Å²) in [5.74, 6) is 0.886. The number of ether oxygens (including phenoxy) is 2. The van der Waals surface area contributed by atoms with Crippen molar-refractivity contribution in [2.24, 2.45) is 4.99 Å². The molecule has 33 heavy (non-hydrogen) atoms. The highest BCUT2D eigenvalue weighted by Crippen LogP contribution is 2.49. The van der Waals surface area contributed by atoms with Gasteiger partial charge in [0.25, 0.3) is 0 Å². The molecule has 0 saturated carbocycles. The van der Waals surface area contributed by atoms with Crippen LogP contribution in [0.4, 0.5) is 10.5 Å². The number of rotatable bonds is 5. The van der Waals surface area contributed by atoms with E-state index in [2.05, 4.69) is 37.4 Å². The molecule has 168 valence electrons. The fourth-order valence-electron chi connectivity index (χ4n) is 4.71. The second kappa shape index (κ2) is 9.10. The van der Waals surface area contributed by atoms with E-state index in [1.54, 1.807) is 4.90 Å². The van der Waals surface area contributed by atoms with Gasteiger partial charge in [-0.1, -0.05) is 66.7 Å². The average Bonchev–Trinajstić information content (AvgIpc) is 3.23. The lowest BCUT2D eigenvalue weighted by Crippen LogP contribution is -2.45. The first-order valence-electron chi connectivity index (χ1n) is 11.5. The number of carbonyl (C=O) groups is 1. The van der Waals surface area contributed by atoms with E-state index in [-0.39, 0.29) is 11.5 Å². The number of likely N-dealkylation sites (tertiary alicyclic amines) is 1. The summed E-state index contributed by atoms with van der Waals surface area (Å²) in [6.07, 6.45) is 3.42. The maximum atomic E-state index is 12.6. The number of carbonyl (C=O) groups excluding carboxylic acids is 1. The van der Waals surface area contributed by atoms with E-state index in [1.165, 1.54) is 0 Å². The highest BCUT2D eigenvalue weighted by molar-refractivity contribution is 5.89. The molecule has 3 aromatic rings. The highest BCUT2D eigenvalue weighted by Gasteiger charge is 2.43. The van der Waals surface area contributed by atoms with Crippen molar-refractivity contribution >= 4 is 18.0 Å². The molecule has 5 rings (SSSR count). The van der Waals surface area contributed by atoms with E-state index < -0.39 is 0 Å². The smallest absolute Gasteiger partial charge is 0.410 e. The molecule has 0 bridgehead atoms. The monoisotopic (exact) mass is 440 g/mol. The lowest BCUT2D eigenvalue weighted by molar-refractivity contribution is 0.0838. The molecule has 0 radical (unpaired) electrons. The van der Waals surface area contributed by atoms with Crippen LogP contribution in [0.25, 0.3) is 0 Å². The predicted octanol–water partition coefficient (Wildman–Crippen LogP) is 5.96. The Balaban J connectivity index is 1.28. The zero-order valence-corrected chi connectivity index (χ0v) is 18.9. The standard InChI is InChI=1S/C28H28N2O3/c1-21-12-13-24(32-18-22-8-4-2-5-9-22)25-26(21)29-20-28(25)14-16-30(17-15-28)27(31)33-19-23-10-6-3-7-11-23/h2-13,20H,14-19H2,1H3. The molecule has 0 unspecified atom stereocenters. The highest BCUT2D eigenvalue weighted by atomic mass is 16.6. The summed E-state index contributed by atoms with van der Waals surface area (Å²) >= 11 is 0. The Bertz CT molecular complexity index is 1150. The van der Waals surface area contributed by atoms with Crippen LogP contribution in [-0.4, -0.2) is 30.3 Å². The zero-order chi connectivity index (χ0) is 22.7. The average molecular weight is 441 g/mol. The Morgan fingerprint density at radius 1 is 0.909 bits per heavy atom. The van der Waals surface area contributed by atoms with Crippen LogP contribution in [0.1, 0.15) is 35.1 Å². The Morgan fingerprint density at radius 2 is 1.55 bits per heavy atom. The first-order chi connectivity index (χ1) is 16.1. The van der Waals surface area contributed by atoms with E-state index in [9.17, 15) is 4.79 Å². The van der Waals surface area contributed by atoms with Crippen LogP contribution in [0.3, 0.4) is 0 Å². The third kappa shape index (κ3) is 4.36. The molecule has 5 heteroatoms. The van der Waals surface area contributed by atoms with E-state index in [4.69, 9.17) is 14.5 Å². The lowest BCUT2D eigenvalue weighted by atomic mass is 9.74. The first kappa shape index (κ1) is 21.3. The van der Waals surface area contributed by atoms with Crippen LogP contribution < -0.4 is 4.74 Å². The SMILES string of the molecule is Cc1ccc(OCc2ccccc2)c2c1N=CC21CCN(C(=O)OCc2ccccc2)CC1. The summed E-state index contributed by atoms with van der Waals surface area (Å²) in [7, 11) is 0. The molecule has 3 aromatic carbocycles. The van der Waals surface area contributed by atoms with Crippen LogP contribution >= 0.6 is 0 Å². The van der Waals surface area contributed by atoms with Gasteiger partial charge in [-0.2, -0.15) is 0 Å². The summed E-state index contributed by atoms with van der Waals surface area (Å²) in [6, 6.07) is 24.1. The van der Waals surface area contributed by atoms with Crippen molar-refractivity contribution in [1.29, 1.82) is 0 Å². The molecule has 2 heterocycles. The minimum Gasteiger partial charge on any atom is -0.489 e. The lowest BCUT2D eigenvalue weighted by Gasteiger charge is -2.38. The number of piperidine rings is 1. The summed E-state index contributed by atoms with van der Waals surface area (Å²) in [5, 5.41) is 0. The van der Waals surface area contributed by atoms with Crippen LogP contribution in [0.5, 0.6) is 5.75 Å². The number of hydrogen-bond donors (Lipinski definition) is 0. The van der Waals surface area contributed by atoms with Gasteiger partial charge in [0.2, 0.25) is 0 Å². The summed E-state index contributed by atoms with van der Waals surface area (Å²) in [4.78, 5) is 19.2. The van der Waals surface area contributed by atoms with Gasteiger partial charge in [-0.05, 0) is 42.5 Å². The molecule has 1 fully saturated rings. The van der Waals surface area contributed by atoms with Crippen molar-refractivity contribution in [3.05, 3.63) is 95.1 Å². The second-order valence-electron chi connectivity index (χ2n) is 8.82. The molecule has 1 spiro atoms. The van der Waals surface area contributed by atoms with Crippen molar-refractivity contribution in [3.63, 3.8) is 0 Å². The van der Waals surface area contributed by atoms with Crippen LogP contribution in [0.15, 0.2) is 77.8 Å². The molecular formula is C28H28N2O3. The number of amides is 1. The number of aryl methyl sites for hydroxylation is 1. The fourth-order valence-corrected chi connectivity index (χ4v) is 4.71. The first-order valence-corrected chi connectivity index (χ1v) is 11.5. The van der Waals surface area contributed by atoms with Gasteiger partial charge in [0.15, 0.2) is 0 Å². The number of fused-ring (bicyclic) bond motifs is 2. The minimum atomic E-state index is -0.256. The maximum Gasteiger partial charge on any atom is 0.410 e. The Hall–Kier alpha value is -3.60. The number of hydrogen-bond acceptors (Lipinski definition) is 4. The largest absolute Gasteiger partial charge is 0.489 e. The Labute approximate surface area is 194 Å². The van der Waals surface area contributed by atoms with Crippen LogP contribution in [0, 0.1) is 6.92 Å². The molecule has 1 saturated heterocycles. The molecule has 0 atom stereocenters. The maximum absolute atomic E-state index is 12.6. The van der Waals surface area contributed by atoms with Crippen molar-refractivity contribution < 1.29 is 14.3 Å². The third-order valence-electron chi connectivity index (χ3n) is 6.64. The quantitative estimate of drug-likeness (QED) is 0.492. The molecule has 0 aromatic heterocycles. The van der Waals surface area contributed by atoms with Gasteiger partial charge in [-0.25, -0.2) is 4.79 Å². The summed E-state index contributed by atoms with van der Waals surface area (Å²) < 4.78 is 11.8. The van der Waals surface area contributed by atoms with Crippen LogP contribution in [0.2, 0.25) is 0 Å². The van der Waals surface area contributed by atoms with E-state index in [0.717, 1.165) is 46.5 Å². The van der Waals surface area contributed by atoms with E-state index in [0.29, 0.717) is 26.3 Å². The fraction of sp³-hybridized carbons (Fsp3) is 0.286. The van der Waals surface area contributed by atoms with Crippen LogP contribution in [-0.2, 0) is 23.4 Å². The number of aliphatic imine (C=N–C) groups is 1. The second-order valence-corrected chi connectivity index (χ2v) is 8.82. The van der Waals surface area contributed by atoms with E-state index in [1.807, 2.05) is 48.5 Å². The molecule has 2 aliphatic heterocycles. The molecule has 0 N–H and O–H groups in total. The van der Waals surface area contributed by atoms with Gasteiger partial charge < -0.3 is 14.4 Å². The molecule has 0 aliphatic carbocycles. The molecular weight excluding hydrogens is 412 g/mol. The topological polar surface area (TPSA) is 51.1 Å². The normalized spacial score (nSPS) is 16.0. The molecule has 5 nitrogen and oxygen atoms in total. The molecule has 1 amide bonds. The van der Waals surface area contributed by atoms with Crippen molar-refractivity contribution in [3.8, 4) is 5.75 Å². The van der Waals surface area contributed by atoms with Gasteiger partial charge in [0, 0.05) is 30.3 Å². The zero-order valence-electron chi connectivity index (χ0n) is 18.9. The van der Waals surface area contributed by atoms with Crippen molar-refractivity contribution in [1.82, 2.24) is 4.90 Å². The van der Waals surface area contributed by atoms with Gasteiger partial charge in [0.05, 0.1) is 5.69 Å². The molecule has 2 aliphatic rings. The third-order valence-corrected chi connectivity index (χ3v) is 6.64. The Morgan fingerprint density at radius 3 is 2.21 bits per heavy atom. The van der Waals surface area contributed by atoms with Gasteiger partial charge in [-0.15, -0.1) is 0 Å². The minimum absolute atomic E-state index is 0.205. The van der Waals surface area contributed by atoms with E-state index >= 15 is 0 Å². The Kier molecular flexibility index (Phi) is 5.86.